The lowest BCUT2D eigenvalue weighted by Crippen LogP contribution is -2.33. The molecule has 0 saturated heterocycles. The van der Waals surface area contributed by atoms with E-state index in [0.29, 0.717) is 19.5 Å². The number of hydrogen-bond acceptors (Lipinski definition) is 3. The molecule has 2 N–H and O–H groups in total. The number of benzene rings is 1. The van der Waals surface area contributed by atoms with Crippen LogP contribution < -0.4 is 0 Å². The van der Waals surface area contributed by atoms with Gasteiger partial charge in [0, 0.05) is 13.0 Å². The molecule has 130 valence electrons. The SMILES string of the molecule is CCc1ccc(CCCC(=O)N(CCO)Cc2cnc(C)[nH]2)cc1. The van der Waals surface area contributed by atoms with E-state index >= 15 is 0 Å². The van der Waals surface area contributed by atoms with E-state index in [9.17, 15) is 9.90 Å². The van der Waals surface area contributed by atoms with Gasteiger partial charge >= 0.3 is 0 Å². The summed E-state index contributed by atoms with van der Waals surface area (Å²) in [6.45, 7) is 4.81. The number of aromatic amines is 1. The molecule has 1 amide bonds. The Balaban J connectivity index is 1.83. The van der Waals surface area contributed by atoms with Crippen LogP contribution in [-0.2, 0) is 24.2 Å². The van der Waals surface area contributed by atoms with Crippen molar-refractivity contribution in [3.05, 3.63) is 53.1 Å². The number of H-pyrrole nitrogens is 1. The van der Waals surface area contributed by atoms with Crippen molar-refractivity contribution in [1.29, 1.82) is 0 Å². The quantitative estimate of drug-likeness (QED) is 0.743. The Hall–Kier alpha value is -2.14. The summed E-state index contributed by atoms with van der Waals surface area (Å²) in [5, 5.41) is 9.20. The molecule has 0 unspecified atom stereocenters. The van der Waals surface area contributed by atoms with Crippen molar-refractivity contribution in [2.75, 3.05) is 13.2 Å². The maximum absolute atomic E-state index is 12.4. The molecule has 0 atom stereocenters. The number of nitrogens with one attached hydrogen (secondary N) is 1. The number of aliphatic hydroxyl groups excluding tert-OH is 1. The van der Waals surface area contributed by atoms with Gasteiger partial charge in [-0.25, -0.2) is 4.98 Å². The Kier molecular flexibility index (Phi) is 7.00. The maximum atomic E-state index is 12.4. The number of aliphatic hydroxyl groups is 1. The minimum Gasteiger partial charge on any atom is -0.395 e. The molecule has 0 saturated carbocycles. The predicted molar refractivity (Wildman–Crippen MR) is 94.6 cm³/mol. The first kappa shape index (κ1) is 18.2. The molecular weight excluding hydrogens is 302 g/mol. The van der Waals surface area contributed by atoms with Gasteiger partial charge in [0.05, 0.1) is 25.0 Å². The number of carbonyl (C=O) groups excluding carboxylic acids is 1. The number of amides is 1. The first-order chi connectivity index (χ1) is 11.6. The van der Waals surface area contributed by atoms with Crippen molar-refractivity contribution in [3.63, 3.8) is 0 Å². The Morgan fingerprint density at radius 3 is 2.54 bits per heavy atom. The highest BCUT2D eigenvalue weighted by atomic mass is 16.3. The zero-order chi connectivity index (χ0) is 17.4. The van der Waals surface area contributed by atoms with E-state index in [2.05, 4.69) is 41.2 Å². The van der Waals surface area contributed by atoms with Gasteiger partial charge in [0.2, 0.25) is 5.91 Å². The van der Waals surface area contributed by atoms with Crippen LogP contribution in [0.4, 0.5) is 0 Å². The summed E-state index contributed by atoms with van der Waals surface area (Å²) in [4.78, 5) is 21.4. The van der Waals surface area contributed by atoms with E-state index in [1.165, 1.54) is 11.1 Å². The zero-order valence-corrected chi connectivity index (χ0v) is 14.6. The van der Waals surface area contributed by atoms with Gasteiger partial charge in [0.15, 0.2) is 0 Å². The molecule has 1 aromatic carbocycles. The van der Waals surface area contributed by atoms with E-state index in [1.54, 1.807) is 11.1 Å². The molecule has 1 aromatic heterocycles. The van der Waals surface area contributed by atoms with E-state index < -0.39 is 0 Å². The summed E-state index contributed by atoms with van der Waals surface area (Å²) in [5.41, 5.74) is 3.49. The third-order valence-electron chi connectivity index (χ3n) is 4.13. The number of imidazole rings is 1. The number of nitrogens with zero attached hydrogens (tertiary/aromatic N) is 2. The van der Waals surface area contributed by atoms with Crippen LogP contribution in [0.2, 0.25) is 0 Å². The zero-order valence-electron chi connectivity index (χ0n) is 14.6. The third-order valence-corrected chi connectivity index (χ3v) is 4.13. The lowest BCUT2D eigenvalue weighted by Gasteiger charge is -2.21. The summed E-state index contributed by atoms with van der Waals surface area (Å²) < 4.78 is 0. The van der Waals surface area contributed by atoms with Crippen LogP contribution in [-0.4, -0.2) is 39.0 Å². The molecule has 5 heteroatoms. The summed E-state index contributed by atoms with van der Waals surface area (Å²) in [6.07, 6.45) is 4.98. The van der Waals surface area contributed by atoms with Gasteiger partial charge in [-0.2, -0.15) is 0 Å². The average Bonchev–Trinajstić information content (AvgIpc) is 3.00. The van der Waals surface area contributed by atoms with Crippen LogP contribution in [0, 0.1) is 6.92 Å². The fourth-order valence-electron chi connectivity index (χ4n) is 2.71. The maximum Gasteiger partial charge on any atom is 0.223 e. The van der Waals surface area contributed by atoms with Crippen LogP contribution in [0.3, 0.4) is 0 Å². The van der Waals surface area contributed by atoms with Gasteiger partial charge in [0.1, 0.15) is 5.82 Å². The largest absolute Gasteiger partial charge is 0.395 e. The molecule has 0 aliphatic carbocycles. The monoisotopic (exact) mass is 329 g/mol. The number of carbonyl (C=O) groups is 1. The van der Waals surface area contributed by atoms with Crippen molar-refractivity contribution >= 4 is 5.91 Å². The van der Waals surface area contributed by atoms with Gasteiger partial charge in [-0.15, -0.1) is 0 Å². The molecule has 5 nitrogen and oxygen atoms in total. The fourth-order valence-corrected chi connectivity index (χ4v) is 2.71. The Morgan fingerprint density at radius 1 is 1.25 bits per heavy atom. The summed E-state index contributed by atoms with van der Waals surface area (Å²) in [5.74, 6) is 0.901. The van der Waals surface area contributed by atoms with E-state index in [1.807, 2.05) is 6.92 Å². The highest BCUT2D eigenvalue weighted by Gasteiger charge is 2.14. The summed E-state index contributed by atoms with van der Waals surface area (Å²) >= 11 is 0. The molecule has 0 aliphatic rings. The van der Waals surface area contributed by atoms with Crippen LogP contribution in [0.25, 0.3) is 0 Å². The minimum absolute atomic E-state index is 0.0304. The molecule has 2 aromatic rings. The fraction of sp³-hybridized carbons (Fsp3) is 0.474. The molecule has 0 fully saturated rings. The molecule has 0 aliphatic heterocycles. The normalized spacial score (nSPS) is 10.8. The van der Waals surface area contributed by atoms with Crippen molar-refractivity contribution in [1.82, 2.24) is 14.9 Å². The van der Waals surface area contributed by atoms with Crippen molar-refractivity contribution in [2.24, 2.45) is 0 Å². The van der Waals surface area contributed by atoms with Crippen LogP contribution in [0.15, 0.2) is 30.5 Å². The molecule has 0 radical (unpaired) electrons. The molecule has 0 spiro atoms. The minimum atomic E-state index is -0.0304. The van der Waals surface area contributed by atoms with Gasteiger partial charge in [-0.1, -0.05) is 31.2 Å². The van der Waals surface area contributed by atoms with E-state index in [0.717, 1.165) is 30.8 Å². The second-order valence-corrected chi connectivity index (χ2v) is 6.06. The first-order valence-electron chi connectivity index (χ1n) is 8.59. The molecule has 2 rings (SSSR count). The highest BCUT2D eigenvalue weighted by molar-refractivity contribution is 5.76. The lowest BCUT2D eigenvalue weighted by molar-refractivity contribution is -0.132. The number of aryl methyl sites for hydroxylation is 3. The van der Waals surface area contributed by atoms with Crippen LogP contribution in [0.1, 0.15) is 42.4 Å². The van der Waals surface area contributed by atoms with Crippen molar-refractivity contribution < 1.29 is 9.90 Å². The molecule has 24 heavy (non-hydrogen) atoms. The number of rotatable bonds is 9. The topological polar surface area (TPSA) is 69.2 Å². The highest BCUT2D eigenvalue weighted by Crippen LogP contribution is 2.11. The van der Waals surface area contributed by atoms with Crippen molar-refractivity contribution in [3.8, 4) is 0 Å². The Labute approximate surface area is 143 Å². The summed E-state index contributed by atoms with van der Waals surface area (Å²) in [6, 6.07) is 8.58. The Bertz CT molecular complexity index is 634. The predicted octanol–water partition coefficient (Wildman–Crippen LogP) is 2.62. The van der Waals surface area contributed by atoms with Gasteiger partial charge in [0.25, 0.3) is 0 Å². The summed E-state index contributed by atoms with van der Waals surface area (Å²) in [7, 11) is 0. The molecule has 0 bridgehead atoms. The van der Waals surface area contributed by atoms with Crippen LogP contribution in [0.5, 0.6) is 0 Å². The van der Waals surface area contributed by atoms with E-state index in [-0.39, 0.29) is 12.5 Å². The van der Waals surface area contributed by atoms with Gasteiger partial charge in [-0.05, 0) is 37.3 Å². The molecule has 1 heterocycles. The standard InChI is InChI=1S/C19H27N3O2/c1-3-16-7-9-17(10-8-16)5-4-6-19(24)22(11-12-23)14-18-13-20-15(2)21-18/h7-10,13,23H,3-6,11-12,14H2,1-2H3,(H,20,21). The lowest BCUT2D eigenvalue weighted by atomic mass is 10.0. The van der Waals surface area contributed by atoms with Gasteiger partial charge in [-0.3, -0.25) is 4.79 Å². The Morgan fingerprint density at radius 2 is 1.96 bits per heavy atom. The number of aromatic nitrogens is 2. The van der Waals surface area contributed by atoms with Crippen molar-refractivity contribution in [2.45, 2.75) is 46.1 Å². The second kappa shape index (κ2) is 9.23. The smallest absolute Gasteiger partial charge is 0.223 e. The third kappa shape index (κ3) is 5.49. The van der Waals surface area contributed by atoms with Crippen LogP contribution >= 0.6 is 0 Å². The number of hydrogen-bond donors (Lipinski definition) is 2. The van der Waals surface area contributed by atoms with E-state index in [4.69, 9.17) is 0 Å². The first-order valence-corrected chi connectivity index (χ1v) is 8.59. The molecular formula is C19H27N3O2. The average molecular weight is 329 g/mol. The second-order valence-electron chi connectivity index (χ2n) is 6.06. The van der Waals surface area contributed by atoms with Gasteiger partial charge < -0.3 is 15.0 Å².